The Morgan fingerprint density at radius 3 is 2.20 bits per heavy atom. The first-order valence-electron chi connectivity index (χ1n) is 6.40. The lowest BCUT2D eigenvalue weighted by molar-refractivity contribution is -0.132. The zero-order valence-corrected chi connectivity index (χ0v) is 12.2. The average molecular weight is 282 g/mol. The van der Waals surface area contributed by atoms with E-state index in [-0.39, 0.29) is 12.5 Å². The second-order valence-corrected chi connectivity index (χ2v) is 4.29. The van der Waals surface area contributed by atoms with Crippen molar-refractivity contribution in [2.75, 3.05) is 41.0 Å². The zero-order valence-electron chi connectivity index (χ0n) is 12.2. The Morgan fingerprint density at radius 2 is 1.70 bits per heavy atom. The minimum absolute atomic E-state index is 0.0304. The maximum Gasteiger partial charge on any atom is 0.260 e. The van der Waals surface area contributed by atoms with Crippen LogP contribution in [-0.2, 0) is 4.79 Å². The number of hydrogen-bond acceptors (Lipinski definition) is 5. The molecule has 0 aliphatic heterocycles. The van der Waals surface area contributed by atoms with Crippen LogP contribution in [0.15, 0.2) is 18.2 Å². The van der Waals surface area contributed by atoms with Crippen LogP contribution in [0.4, 0.5) is 0 Å². The SMILES string of the molecule is COc1cc(OC)cc(OCC(=O)N(C)CCCN)c1. The van der Waals surface area contributed by atoms with E-state index in [1.54, 1.807) is 44.4 Å². The number of likely N-dealkylation sites (N-methyl/N-ethyl adjacent to an activating group) is 1. The molecule has 6 heteroatoms. The van der Waals surface area contributed by atoms with Crippen molar-refractivity contribution in [3.63, 3.8) is 0 Å². The third-order valence-corrected chi connectivity index (χ3v) is 2.81. The van der Waals surface area contributed by atoms with Gasteiger partial charge in [-0.2, -0.15) is 0 Å². The molecule has 0 bridgehead atoms. The highest BCUT2D eigenvalue weighted by Gasteiger charge is 2.10. The third-order valence-electron chi connectivity index (χ3n) is 2.81. The van der Waals surface area contributed by atoms with Gasteiger partial charge in [-0.3, -0.25) is 4.79 Å². The summed E-state index contributed by atoms with van der Waals surface area (Å²) in [4.78, 5) is 13.4. The van der Waals surface area contributed by atoms with Crippen LogP contribution in [-0.4, -0.2) is 51.8 Å². The van der Waals surface area contributed by atoms with Gasteiger partial charge in [-0.05, 0) is 13.0 Å². The van der Waals surface area contributed by atoms with E-state index in [0.717, 1.165) is 6.42 Å². The molecule has 1 aromatic carbocycles. The molecule has 0 saturated carbocycles. The molecule has 6 nitrogen and oxygen atoms in total. The van der Waals surface area contributed by atoms with Gasteiger partial charge in [-0.15, -0.1) is 0 Å². The Bertz CT molecular complexity index is 415. The smallest absolute Gasteiger partial charge is 0.260 e. The summed E-state index contributed by atoms with van der Waals surface area (Å²) in [5.74, 6) is 1.66. The molecule has 0 unspecified atom stereocenters. The normalized spacial score (nSPS) is 10.0. The van der Waals surface area contributed by atoms with Gasteiger partial charge >= 0.3 is 0 Å². The minimum Gasteiger partial charge on any atom is -0.496 e. The van der Waals surface area contributed by atoms with Gasteiger partial charge in [0.05, 0.1) is 14.2 Å². The number of ether oxygens (including phenoxy) is 3. The van der Waals surface area contributed by atoms with E-state index in [0.29, 0.717) is 30.3 Å². The van der Waals surface area contributed by atoms with Crippen molar-refractivity contribution in [2.45, 2.75) is 6.42 Å². The predicted molar refractivity (Wildman–Crippen MR) is 76.3 cm³/mol. The number of nitrogens with two attached hydrogens (primary N) is 1. The van der Waals surface area contributed by atoms with Gasteiger partial charge in [0.2, 0.25) is 0 Å². The molecule has 0 aliphatic rings. The molecule has 0 radical (unpaired) electrons. The van der Waals surface area contributed by atoms with Crippen LogP contribution < -0.4 is 19.9 Å². The molecular weight excluding hydrogens is 260 g/mol. The molecule has 0 spiro atoms. The first-order valence-corrected chi connectivity index (χ1v) is 6.40. The Balaban J connectivity index is 2.58. The number of benzene rings is 1. The Kier molecular flexibility index (Phi) is 6.66. The van der Waals surface area contributed by atoms with E-state index in [4.69, 9.17) is 19.9 Å². The molecule has 0 saturated heterocycles. The number of amides is 1. The molecule has 0 aromatic heterocycles. The quantitative estimate of drug-likeness (QED) is 0.766. The molecule has 0 fully saturated rings. The molecule has 2 N–H and O–H groups in total. The third kappa shape index (κ3) is 4.97. The van der Waals surface area contributed by atoms with Gasteiger partial charge in [-0.1, -0.05) is 0 Å². The molecule has 0 aliphatic carbocycles. The highest BCUT2D eigenvalue weighted by Crippen LogP contribution is 2.27. The lowest BCUT2D eigenvalue weighted by Crippen LogP contribution is -2.33. The standard InChI is InChI=1S/C14H22N2O4/c1-16(6-4-5-15)14(17)10-20-13-8-11(18-2)7-12(9-13)19-3/h7-9H,4-6,10,15H2,1-3H3. The Hall–Kier alpha value is -1.95. The number of rotatable bonds is 8. The van der Waals surface area contributed by atoms with Crippen LogP contribution in [0.5, 0.6) is 17.2 Å². The lowest BCUT2D eigenvalue weighted by atomic mass is 10.3. The molecule has 1 amide bonds. The van der Waals surface area contributed by atoms with Crippen molar-refractivity contribution in [1.82, 2.24) is 4.90 Å². The molecule has 0 atom stereocenters. The van der Waals surface area contributed by atoms with Crippen LogP contribution in [0, 0.1) is 0 Å². The van der Waals surface area contributed by atoms with Crippen LogP contribution in [0.3, 0.4) is 0 Å². The van der Waals surface area contributed by atoms with Crippen molar-refractivity contribution in [2.24, 2.45) is 5.73 Å². The lowest BCUT2D eigenvalue weighted by Gasteiger charge is -2.17. The summed E-state index contributed by atoms with van der Waals surface area (Å²) in [6, 6.07) is 5.15. The summed E-state index contributed by atoms with van der Waals surface area (Å²) >= 11 is 0. The van der Waals surface area contributed by atoms with Gasteiger partial charge in [0, 0.05) is 31.8 Å². The Morgan fingerprint density at radius 1 is 1.15 bits per heavy atom. The number of hydrogen-bond donors (Lipinski definition) is 1. The molecule has 0 heterocycles. The maximum absolute atomic E-state index is 11.8. The van der Waals surface area contributed by atoms with Crippen molar-refractivity contribution >= 4 is 5.91 Å². The van der Waals surface area contributed by atoms with Gasteiger partial charge in [-0.25, -0.2) is 0 Å². The number of methoxy groups -OCH3 is 2. The van der Waals surface area contributed by atoms with Gasteiger partial charge in [0.25, 0.3) is 5.91 Å². The van der Waals surface area contributed by atoms with E-state index < -0.39 is 0 Å². The fraction of sp³-hybridized carbons (Fsp3) is 0.500. The zero-order chi connectivity index (χ0) is 15.0. The molecule has 1 aromatic rings. The number of carbonyl (C=O) groups is 1. The molecule has 1 rings (SSSR count). The predicted octanol–water partition coefficient (Wildman–Crippen LogP) is 0.890. The first-order chi connectivity index (χ1) is 9.60. The van der Waals surface area contributed by atoms with Gasteiger partial charge in [0.1, 0.15) is 17.2 Å². The number of nitrogens with zero attached hydrogens (tertiary/aromatic N) is 1. The van der Waals surface area contributed by atoms with E-state index in [1.165, 1.54) is 0 Å². The van der Waals surface area contributed by atoms with Gasteiger partial charge in [0.15, 0.2) is 6.61 Å². The maximum atomic E-state index is 11.8. The molecule has 112 valence electrons. The fourth-order valence-electron chi connectivity index (χ4n) is 1.57. The van der Waals surface area contributed by atoms with Crippen LogP contribution in [0.1, 0.15) is 6.42 Å². The largest absolute Gasteiger partial charge is 0.496 e. The fourth-order valence-corrected chi connectivity index (χ4v) is 1.57. The summed E-state index contributed by atoms with van der Waals surface area (Å²) in [7, 11) is 4.85. The van der Waals surface area contributed by atoms with Crippen molar-refractivity contribution in [3.05, 3.63) is 18.2 Å². The highest BCUT2D eigenvalue weighted by molar-refractivity contribution is 5.77. The molecular formula is C14H22N2O4. The summed E-state index contributed by atoms with van der Waals surface area (Å²) in [5, 5.41) is 0. The summed E-state index contributed by atoms with van der Waals surface area (Å²) in [6.07, 6.45) is 0.773. The van der Waals surface area contributed by atoms with E-state index in [9.17, 15) is 4.79 Å². The van der Waals surface area contributed by atoms with Crippen LogP contribution in [0.25, 0.3) is 0 Å². The Labute approximate surface area is 119 Å². The first kappa shape index (κ1) is 16.1. The van der Waals surface area contributed by atoms with Gasteiger partial charge < -0.3 is 24.8 Å². The second kappa shape index (κ2) is 8.27. The van der Waals surface area contributed by atoms with E-state index in [1.807, 2.05) is 0 Å². The van der Waals surface area contributed by atoms with E-state index >= 15 is 0 Å². The monoisotopic (exact) mass is 282 g/mol. The summed E-state index contributed by atoms with van der Waals surface area (Å²) in [6.45, 7) is 1.16. The second-order valence-electron chi connectivity index (χ2n) is 4.29. The number of carbonyl (C=O) groups excluding carboxylic acids is 1. The van der Waals surface area contributed by atoms with Crippen molar-refractivity contribution in [3.8, 4) is 17.2 Å². The molecule has 20 heavy (non-hydrogen) atoms. The van der Waals surface area contributed by atoms with Crippen molar-refractivity contribution in [1.29, 1.82) is 0 Å². The van der Waals surface area contributed by atoms with Crippen LogP contribution in [0.2, 0.25) is 0 Å². The topological polar surface area (TPSA) is 74.0 Å². The summed E-state index contributed by atoms with van der Waals surface area (Å²) in [5.41, 5.74) is 5.41. The van der Waals surface area contributed by atoms with Crippen molar-refractivity contribution < 1.29 is 19.0 Å². The highest BCUT2D eigenvalue weighted by atomic mass is 16.5. The summed E-state index contributed by atoms with van der Waals surface area (Å²) < 4.78 is 15.7. The van der Waals surface area contributed by atoms with E-state index in [2.05, 4.69) is 0 Å². The van der Waals surface area contributed by atoms with Crippen LogP contribution >= 0.6 is 0 Å². The minimum atomic E-state index is -0.0970. The average Bonchev–Trinajstić information content (AvgIpc) is 2.49.